The second-order valence-electron chi connectivity index (χ2n) is 8.10. The molecule has 5 heteroatoms. The Balaban J connectivity index is 1.59. The van der Waals surface area contributed by atoms with Crippen LogP contribution in [0.1, 0.15) is 19.3 Å². The minimum atomic E-state index is -0.865. The van der Waals surface area contributed by atoms with E-state index < -0.39 is 22.7 Å². The van der Waals surface area contributed by atoms with E-state index in [1.54, 1.807) is 6.08 Å². The van der Waals surface area contributed by atoms with Gasteiger partial charge < -0.3 is 14.9 Å². The summed E-state index contributed by atoms with van der Waals surface area (Å²) in [5.41, 5.74) is -1.84. The number of likely N-dealkylation sites (tertiary alicyclic amines) is 1. The summed E-state index contributed by atoms with van der Waals surface area (Å²) < 4.78 is 5.97. The second-order valence-corrected chi connectivity index (χ2v) is 8.10. The van der Waals surface area contributed by atoms with Crippen molar-refractivity contribution >= 4 is 5.78 Å². The molecule has 2 unspecified atom stereocenters. The van der Waals surface area contributed by atoms with Crippen molar-refractivity contribution in [3.8, 4) is 0 Å². The zero-order valence-corrected chi connectivity index (χ0v) is 12.7. The van der Waals surface area contributed by atoms with Crippen LogP contribution >= 0.6 is 0 Å². The summed E-state index contributed by atoms with van der Waals surface area (Å²) in [6.45, 7) is 4.55. The third-order valence-electron chi connectivity index (χ3n) is 7.72. The van der Waals surface area contributed by atoms with E-state index in [0.717, 1.165) is 12.8 Å². The van der Waals surface area contributed by atoms with Gasteiger partial charge in [-0.25, -0.2) is 0 Å². The Morgan fingerprint density at radius 1 is 1.52 bits per heavy atom. The number of allylic oxidation sites excluding steroid dienone is 3. The van der Waals surface area contributed by atoms with Crippen molar-refractivity contribution in [3.63, 3.8) is 0 Å². The van der Waals surface area contributed by atoms with Crippen LogP contribution in [0.25, 0.3) is 0 Å². The molecule has 0 aromatic heterocycles. The number of ketones is 1. The Labute approximate surface area is 133 Å². The van der Waals surface area contributed by atoms with Gasteiger partial charge in [-0.2, -0.15) is 0 Å². The second kappa shape index (κ2) is 3.28. The minimum Gasteiger partial charge on any atom is -0.504 e. The number of carbonyl (C=O) groups is 1. The molecule has 7 rings (SSSR count). The fourth-order valence-electron chi connectivity index (χ4n) is 7.27. The first-order valence-corrected chi connectivity index (χ1v) is 8.42. The maximum atomic E-state index is 12.7. The summed E-state index contributed by atoms with van der Waals surface area (Å²) in [7, 11) is 0. The van der Waals surface area contributed by atoms with Crippen molar-refractivity contribution in [1.82, 2.24) is 4.90 Å². The summed E-state index contributed by atoms with van der Waals surface area (Å²) >= 11 is 0. The molecule has 6 fully saturated rings. The van der Waals surface area contributed by atoms with Crippen LogP contribution in [-0.4, -0.2) is 50.7 Å². The van der Waals surface area contributed by atoms with Crippen molar-refractivity contribution in [2.24, 2.45) is 17.3 Å². The van der Waals surface area contributed by atoms with Crippen molar-refractivity contribution in [3.05, 3.63) is 36.3 Å². The normalized spacial score (nSPS) is 57.3. The molecule has 2 spiro atoms. The third-order valence-corrected chi connectivity index (χ3v) is 7.72. The van der Waals surface area contributed by atoms with E-state index in [9.17, 15) is 15.0 Å². The van der Waals surface area contributed by atoms with Gasteiger partial charge in [0.1, 0.15) is 11.4 Å². The first-order valence-electron chi connectivity index (χ1n) is 8.42. The van der Waals surface area contributed by atoms with Crippen molar-refractivity contribution in [2.45, 2.75) is 42.5 Å². The molecular weight excluding hydrogens is 294 g/mol. The number of fused-ring (bicyclic) bond motifs is 1. The fraction of sp³-hybridized carbons (Fsp3) is 0.611. The van der Waals surface area contributed by atoms with Crippen LogP contribution in [0.4, 0.5) is 0 Å². The number of nitrogens with zero attached hydrogens (tertiary/aromatic N) is 1. The molecule has 0 amide bonds. The van der Waals surface area contributed by atoms with Crippen LogP contribution in [0, 0.1) is 17.3 Å². The van der Waals surface area contributed by atoms with Crippen LogP contribution < -0.4 is 0 Å². The minimum absolute atomic E-state index is 0.0537. The fourth-order valence-corrected chi connectivity index (χ4v) is 7.27. The number of piperidine rings is 1. The SMILES string of the molecule is C=CCN1[C@@H]2CC3C=CC(O)=C4O[C@H]5C(=O)C[C@@]16C[C@@]5(C43)[C@]26O. The molecule has 120 valence electrons. The number of hydrogen-bond donors (Lipinski definition) is 2. The van der Waals surface area contributed by atoms with E-state index >= 15 is 0 Å². The van der Waals surface area contributed by atoms with Gasteiger partial charge in [0.2, 0.25) is 0 Å². The van der Waals surface area contributed by atoms with Gasteiger partial charge in [-0.05, 0) is 24.8 Å². The predicted octanol–water partition coefficient (Wildman–Crippen LogP) is 1.06. The standard InChI is InChI=1S/C18H19NO4/c1-2-5-19-12-6-9-3-4-10(20)14-13(9)17-8-16(19,18(12,17)22)7-11(21)15(17)23-14/h2-4,9,12-13,15,20,22H,1,5-8H2/t9?,12-,13?,15+,16+,17+,18+/m1/s1. The number of aliphatic hydroxyl groups excluding tert-OH is 1. The van der Waals surface area contributed by atoms with E-state index in [-0.39, 0.29) is 29.4 Å². The van der Waals surface area contributed by atoms with E-state index in [0.29, 0.717) is 18.7 Å². The average Bonchev–Trinajstić information content (AvgIpc) is 2.90. The Hall–Kier alpha value is -1.59. The van der Waals surface area contributed by atoms with E-state index in [1.165, 1.54) is 0 Å². The molecule has 7 atom stereocenters. The molecule has 0 radical (unpaired) electrons. The Kier molecular flexibility index (Phi) is 1.82. The smallest absolute Gasteiger partial charge is 0.175 e. The molecule has 5 aliphatic carbocycles. The lowest BCUT2D eigenvalue weighted by atomic mass is 9.26. The van der Waals surface area contributed by atoms with Crippen molar-refractivity contribution in [1.29, 1.82) is 0 Å². The summed E-state index contributed by atoms with van der Waals surface area (Å²) in [4.78, 5) is 15.0. The van der Waals surface area contributed by atoms with Crippen LogP contribution in [0.3, 0.4) is 0 Å². The largest absolute Gasteiger partial charge is 0.504 e. The molecule has 2 aliphatic heterocycles. The predicted molar refractivity (Wildman–Crippen MR) is 80.3 cm³/mol. The highest BCUT2D eigenvalue weighted by Crippen LogP contribution is 2.83. The first kappa shape index (κ1) is 12.8. The molecule has 2 heterocycles. The number of ether oxygens (including phenoxy) is 1. The van der Waals surface area contributed by atoms with Crippen LogP contribution in [0.5, 0.6) is 0 Å². The summed E-state index contributed by atoms with van der Waals surface area (Å²) in [6, 6.07) is 0.0546. The van der Waals surface area contributed by atoms with Gasteiger partial charge in [-0.15, -0.1) is 6.58 Å². The van der Waals surface area contributed by atoms with Gasteiger partial charge >= 0.3 is 0 Å². The Bertz CT molecular complexity index is 756. The molecule has 2 bridgehead atoms. The third kappa shape index (κ3) is 0.905. The van der Waals surface area contributed by atoms with Crippen LogP contribution in [-0.2, 0) is 9.53 Å². The molecule has 23 heavy (non-hydrogen) atoms. The van der Waals surface area contributed by atoms with Gasteiger partial charge in [-0.1, -0.05) is 12.2 Å². The zero-order valence-electron chi connectivity index (χ0n) is 12.7. The maximum Gasteiger partial charge on any atom is 0.175 e. The number of aliphatic hydroxyl groups is 2. The molecule has 7 aliphatic rings. The summed E-state index contributed by atoms with van der Waals surface area (Å²) in [6.07, 6.45) is 6.97. The van der Waals surface area contributed by atoms with Crippen molar-refractivity contribution in [2.75, 3.05) is 6.54 Å². The van der Waals surface area contributed by atoms with Gasteiger partial charge in [0.25, 0.3) is 0 Å². The molecule has 5 nitrogen and oxygen atoms in total. The highest BCUT2D eigenvalue weighted by molar-refractivity contribution is 5.91. The van der Waals surface area contributed by atoms with Crippen LogP contribution in [0.2, 0.25) is 0 Å². The number of hydrogen-bond acceptors (Lipinski definition) is 5. The number of Topliss-reactive ketones (excluding diaryl/α,β-unsaturated/α-hetero) is 1. The summed E-state index contributed by atoms with van der Waals surface area (Å²) in [5.74, 6) is 0.906. The first-order chi connectivity index (χ1) is 11.0. The molecule has 0 aromatic rings. The molecule has 0 aromatic carbocycles. The number of rotatable bonds is 2. The summed E-state index contributed by atoms with van der Waals surface area (Å²) in [5, 5.41) is 21.9. The highest BCUT2D eigenvalue weighted by Gasteiger charge is 2.95. The molecule has 2 N–H and O–H groups in total. The van der Waals surface area contributed by atoms with E-state index in [4.69, 9.17) is 4.74 Å². The van der Waals surface area contributed by atoms with Crippen LogP contribution in [0.15, 0.2) is 36.3 Å². The Morgan fingerprint density at radius 2 is 2.35 bits per heavy atom. The van der Waals surface area contributed by atoms with Gasteiger partial charge in [0.05, 0.1) is 11.0 Å². The molecular formula is C18H19NO4. The van der Waals surface area contributed by atoms with Gasteiger partial charge in [0, 0.05) is 24.9 Å². The molecule has 2 saturated heterocycles. The van der Waals surface area contributed by atoms with Crippen molar-refractivity contribution < 1.29 is 19.7 Å². The Morgan fingerprint density at radius 3 is 3.13 bits per heavy atom. The quantitative estimate of drug-likeness (QED) is 0.746. The zero-order chi connectivity index (χ0) is 15.8. The van der Waals surface area contributed by atoms with Gasteiger partial charge in [-0.3, -0.25) is 9.69 Å². The lowest BCUT2D eigenvalue weighted by Gasteiger charge is -2.87. The maximum absolute atomic E-state index is 12.7. The number of carbonyl (C=O) groups excluding carboxylic acids is 1. The van der Waals surface area contributed by atoms with E-state index in [1.807, 2.05) is 12.2 Å². The van der Waals surface area contributed by atoms with Gasteiger partial charge in [0.15, 0.2) is 17.6 Å². The molecule has 4 saturated carbocycles. The topological polar surface area (TPSA) is 70.0 Å². The average molecular weight is 313 g/mol. The lowest BCUT2D eigenvalue weighted by Crippen LogP contribution is -3.02. The van der Waals surface area contributed by atoms with E-state index in [2.05, 4.69) is 11.5 Å². The highest BCUT2D eigenvalue weighted by atomic mass is 16.5. The monoisotopic (exact) mass is 313 g/mol. The lowest BCUT2D eigenvalue weighted by molar-refractivity contribution is -0.427.